The Labute approximate surface area is 98.2 Å². The van der Waals surface area contributed by atoms with E-state index in [-0.39, 0.29) is 16.3 Å². The highest BCUT2D eigenvalue weighted by Gasteiger charge is 2.14. The molecule has 0 radical (unpaired) electrons. The first kappa shape index (κ1) is 11.6. The Morgan fingerprint density at radius 3 is 2.71 bits per heavy atom. The molecule has 0 atom stereocenters. The molecule has 2 aromatic rings. The number of benzene rings is 1. The van der Waals surface area contributed by atoms with Crippen molar-refractivity contribution in [2.75, 3.05) is 7.11 Å². The van der Waals surface area contributed by atoms with Gasteiger partial charge in [0.1, 0.15) is 11.6 Å². The van der Waals surface area contributed by atoms with Crippen LogP contribution in [-0.4, -0.2) is 12.1 Å². The van der Waals surface area contributed by atoms with E-state index in [1.165, 1.54) is 19.2 Å². The van der Waals surface area contributed by atoms with Gasteiger partial charge in [-0.3, -0.25) is 4.79 Å². The Morgan fingerprint density at radius 2 is 2.12 bits per heavy atom. The van der Waals surface area contributed by atoms with Crippen molar-refractivity contribution in [2.24, 2.45) is 0 Å². The molecule has 0 saturated heterocycles. The molecule has 0 unspecified atom stereocenters. The van der Waals surface area contributed by atoms with Gasteiger partial charge in [-0.25, -0.2) is 4.39 Å². The molecule has 1 heterocycles. The summed E-state index contributed by atoms with van der Waals surface area (Å²) in [5.41, 5.74) is 1.43. The minimum atomic E-state index is -0.441. The first-order valence-electron chi connectivity index (χ1n) is 5.48. The maximum absolute atomic E-state index is 13.7. The topological polar surface area (TPSA) is 42.1 Å². The molecular formula is C13H14FNO2. The second-order valence-electron chi connectivity index (χ2n) is 3.91. The highest BCUT2D eigenvalue weighted by Crippen LogP contribution is 2.24. The molecule has 17 heavy (non-hydrogen) atoms. The number of fused-ring (bicyclic) bond motifs is 1. The highest BCUT2D eigenvalue weighted by atomic mass is 19.1. The lowest BCUT2D eigenvalue weighted by Crippen LogP contribution is -2.14. The van der Waals surface area contributed by atoms with Crippen LogP contribution >= 0.6 is 0 Å². The van der Waals surface area contributed by atoms with Crippen molar-refractivity contribution in [1.29, 1.82) is 0 Å². The standard InChI is InChI=1S/C13H14FNO2/c1-4-8-7(2)15-12-9(14)5-6-10(17-3)11(12)13(8)16/h5-6H,4H2,1-3H3,(H,15,16). The largest absolute Gasteiger partial charge is 0.496 e. The summed E-state index contributed by atoms with van der Waals surface area (Å²) in [4.78, 5) is 15.2. The fraction of sp³-hybridized carbons (Fsp3) is 0.308. The average Bonchev–Trinajstić information content (AvgIpc) is 2.31. The predicted octanol–water partition coefficient (Wildman–Crippen LogP) is 2.55. The maximum atomic E-state index is 13.7. The SMILES string of the molecule is CCc1c(C)[nH]c2c(F)ccc(OC)c2c1=O. The zero-order valence-electron chi connectivity index (χ0n) is 10.1. The van der Waals surface area contributed by atoms with Gasteiger partial charge < -0.3 is 9.72 Å². The molecule has 90 valence electrons. The van der Waals surface area contributed by atoms with Crippen LogP contribution in [0.1, 0.15) is 18.2 Å². The number of aromatic amines is 1. The fourth-order valence-electron chi connectivity index (χ4n) is 2.09. The summed E-state index contributed by atoms with van der Waals surface area (Å²) < 4.78 is 18.8. The number of H-pyrrole nitrogens is 1. The zero-order chi connectivity index (χ0) is 12.6. The van der Waals surface area contributed by atoms with Gasteiger partial charge in [-0.05, 0) is 25.5 Å². The van der Waals surface area contributed by atoms with Gasteiger partial charge in [0.15, 0.2) is 5.43 Å². The smallest absolute Gasteiger partial charge is 0.196 e. The van der Waals surface area contributed by atoms with Gasteiger partial charge >= 0.3 is 0 Å². The molecule has 0 saturated carbocycles. The molecule has 0 amide bonds. The van der Waals surface area contributed by atoms with Crippen molar-refractivity contribution in [3.63, 3.8) is 0 Å². The van der Waals surface area contributed by atoms with Crippen LogP contribution in [0.15, 0.2) is 16.9 Å². The van der Waals surface area contributed by atoms with Crippen molar-refractivity contribution in [3.05, 3.63) is 39.4 Å². The number of halogens is 1. The first-order chi connectivity index (χ1) is 8.10. The summed E-state index contributed by atoms with van der Waals surface area (Å²) in [6, 6.07) is 2.77. The molecule has 4 heteroatoms. The van der Waals surface area contributed by atoms with E-state index in [4.69, 9.17) is 4.74 Å². The van der Waals surface area contributed by atoms with Gasteiger partial charge in [0, 0.05) is 11.3 Å². The monoisotopic (exact) mass is 235 g/mol. The second-order valence-corrected chi connectivity index (χ2v) is 3.91. The zero-order valence-corrected chi connectivity index (χ0v) is 10.1. The van der Waals surface area contributed by atoms with Crippen LogP contribution in [0.25, 0.3) is 10.9 Å². The van der Waals surface area contributed by atoms with E-state index >= 15 is 0 Å². The molecule has 3 nitrogen and oxygen atoms in total. The molecule has 2 rings (SSSR count). The van der Waals surface area contributed by atoms with E-state index in [1.807, 2.05) is 6.92 Å². The molecule has 0 aliphatic carbocycles. The van der Waals surface area contributed by atoms with Crippen LogP contribution in [0.2, 0.25) is 0 Å². The van der Waals surface area contributed by atoms with Crippen molar-refractivity contribution in [2.45, 2.75) is 20.3 Å². The number of ether oxygens (including phenoxy) is 1. The molecule has 1 aromatic heterocycles. The van der Waals surface area contributed by atoms with Crippen LogP contribution in [-0.2, 0) is 6.42 Å². The van der Waals surface area contributed by atoms with Gasteiger partial charge in [0.25, 0.3) is 0 Å². The normalized spacial score (nSPS) is 10.8. The van der Waals surface area contributed by atoms with Crippen molar-refractivity contribution < 1.29 is 9.13 Å². The molecule has 1 aromatic carbocycles. The molecule has 0 bridgehead atoms. The Morgan fingerprint density at radius 1 is 1.41 bits per heavy atom. The summed E-state index contributed by atoms with van der Waals surface area (Å²) in [5, 5.41) is 0.287. The molecule has 0 spiro atoms. The number of pyridine rings is 1. The van der Waals surface area contributed by atoms with Crippen LogP contribution in [0.4, 0.5) is 4.39 Å². The van der Waals surface area contributed by atoms with Gasteiger partial charge in [0.2, 0.25) is 0 Å². The van der Waals surface area contributed by atoms with Gasteiger partial charge in [-0.1, -0.05) is 6.92 Å². The quantitative estimate of drug-likeness (QED) is 0.869. The van der Waals surface area contributed by atoms with Crippen molar-refractivity contribution >= 4 is 10.9 Å². The third-order valence-corrected chi connectivity index (χ3v) is 2.96. The van der Waals surface area contributed by atoms with Crippen LogP contribution in [0.5, 0.6) is 5.75 Å². The molecule has 0 aliphatic rings. The number of hydrogen-bond acceptors (Lipinski definition) is 2. The number of nitrogens with one attached hydrogen (secondary N) is 1. The summed E-state index contributed by atoms with van der Waals surface area (Å²) in [7, 11) is 1.47. The summed E-state index contributed by atoms with van der Waals surface area (Å²) in [6.45, 7) is 3.67. The number of hydrogen-bond donors (Lipinski definition) is 1. The van der Waals surface area contributed by atoms with Crippen LogP contribution in [0.3, 0.4) is 0 Å². The minimum absolute atomic E-state index is 0.157. The van der Waals surface area contributed by atoms with Crippen LogP contribution in [0, 0.1) is 12.7 Å². The summed E-state index contributed by atoms with van der Waals surface area (Å²) in [6.07, 6.45) is 0.608. The second kappa shape index (κ2) is 4.20. The van der Waals surface area contributed by atoms with Gasteiger partial charge in [-0.15, -0.1) is 0 Å². The van der Waals surface area contributed by atoms with E-state index in [2.05, 4.69) is 4.98 Å². The Hall–Kier alpha value is -1.84. The fourth-order valence-corrected chi connectivity index (χ4v) is 2.09. The highest BCUT2D eigenvalue weighted by molar-refractivity contribution is 5.86. The lowest BCUT2D eigenvalue weighted by atomic mass is 10.1. The number of methoxy groups -OCH3 is 1. The third-order valence-electron chi connectivity index (χ3n) is 2.96. The number of rotatable bonds is 2. The van der Waals surface area contributed by atoms with Gasteiger partial charge in [0.05, 0.1) is 18.0 Å². The average molecular weight is 235 g/mol. The molecule has 1 N–H and O–H groups in total. The number of aromatic nitrogens is 1. The van der Waals surface area contributed by atoms with E-state index in [0.29, 0.717) is 23.4 Å². The van der Waals surface area contributed by atoms with E-state index in [9.17, 15) is 9.18 Å². The van der Waals surface area contributed by atoms with Crippen molar-refractivity contribution in [3.8, 4) is 5.75 Å². The Kier molecular flexibility index (Phi) is 2.88. The Balaban J connectivity index is 3.01. The van der Waals surface area contributed by atoms with E-state index in [0.717, 1.165) is 0 Å². The van der Waals surface area contributed by atoms with E-state index in [1.54, 1.807) is 6.92 Å². The lowest BCUT2D eigenvalue weighted by molar-refractivity contribution is 0.418. The Bertz CT molecular complexity index is 631. The number of aryl methyl sites for hydroxylation is 1. The summed E-state index contributed by atoms with van der Waals surface area (Å²) >= 11 is 0. The lowest BCUT2D eigenvalue weighted by Gasteiger charge is -2.09. The molecule has 0 fully saturated rings. The minimum Gasteiger partial charge on any atom is -0.496 e. The van der Waals surface area contributed by atoms with Gasteiger partial charge in [-0.2, -0.15) is 0 Å². The molecule has 0 aliphatic heterocycles. The van der Waals surface area contributed by atoms with Crippen molar-refractivity contribution in [1.82, 2.24) is 4.98 Å². The summed E-state index contributed by atoms with van der Waals surface area (Å²) in [5.74, 6) is -0.0407. The predicted molar refractivity (Wildman–Crippen MR) is 65.2 cm³/mol. The van der Waals surface area contributed by atoms with E-state index < -0.39 is 5.82 Å². The van der Waals surface area contributed by atoms with Crippen LogP contribution < -0.4 is 10.2 Å². The first-order valence-corrected chi connectivity index (χ1v) is 5.48. The maximum Gasteiger partial charge on any atom is 0.196 e. The third kappa shape index (κ3) is 1.69. The molecular weight excluding hydrogens is 221 g/mol.